The molecule has 0 radical (unpaired) electrons. The van der Waals surface area contributed by atoms with E-state index in [1.54, 1.807) is 17.3 Å². The van der Waals surface area contributed by atoms with Crippen molar-refractivity contribution in [2.24, 2.45) is 5.92 Å². The Kier molecular flexibility index (Phi) is 3.27. The lowest BCUT2D eigenvalue weighted by molar-refractivity contribution is -0.117. The molecule has 1 aliphatic rings. The number of amides is 1. The van der Waals surface area contributed by atoms with Crippen LogP contribution in [0.25, 0.3) is 11.3 Å². The number of carbonyl (C=O) groups is 1. The molecule has 0 aliphatic carbocycles. The summed E-state index contributed by atoms with van der Waals surface area (Å²) in [5.41, 5.74) is 1.84. The first-order chi connectivity index (χ1) is 9.28. The number of nitrogens with zero attached hydrogens (tertiary/aromatic N) is 3. The van der Waals surface area contributed by atoms with E-state index >= 15 is 0 Å². The van der Waals surface area contributed by atoms with Gasteiger partial charge < -0.3 is 5.11 Å². The third-order valence-corrected chi connectivity index (χ3v) is 4.03. The molecule has 3 heterocycles. The monoisotopic (exact) mass is 275 g/mol. The summed E-state index contributed by atoms with van der Waals surface area (Å²) in [6.45, 7) is 0.601. The zero-order valence-electron chi connectivity index (χ0n) is 10.2. The SMILES string of the molecule is O=C1CC(CO)CN1c1nc(-c2ccncc2)cs1. The first-order valence-corrected chi connectivity index (χ1v) is 6.93. The van der Waals surface area contributed by atoms with Gasteiger partial charge in [-0.15, -0.1) is 11.3 Å². The third-order valence-electron chi connectivity index (χ3n) is 3.16. The quantitative estimate of drug-likeness (QED) is 0.923. The Bertz CT molecular complexity index is 585. The maximum Gasteiger partial charge on any atom is 0.229 e. The van der Waals surface area contributed by atoms with Crippen LogP contribution in [0.3, 0.4) is 0 Å². The van der Waals surface area contributed by atoms with Crippen LogP contribution in [-0.2, 0) is 4.79 Å². The molecule has 2 aromatic rings. The van der Waals surface area contributed by atoms with E-state index in [2.05, 4.69) is 9.97 Å². The van der Waals surface area contributed by atoms with Gasteiger partial charge in [0, 0.05) is 48.8 Å². The van der Waals surface area contributed by atoms with Crippen molar-refractivity contribution in [2.75, 3.05) is 18.1 Å². The van der Waals surface area contributed by atoms with Gasteiger partial charge in [-0.1, -0.05) is 0 Å². The summed E-state index contributed by atoms with van der Waals surface area (Å²) in [6.07, 6.45) is 3.84. The van der Waals surface area contributed by atoms with Crippen molar-refractivity contribution in [3.8, 4) is 11.3 Å². The first-order valence-electron chi connectivity index (χ1n) is 6.05. The lowest BCUT2D eigenvalue weighted by Crippen LogP contribution is -2.24. The molecule has 19 heavy (non-hydrogen) atoms. The zero-order valence-corrected chi connectivity index (χ0v) is 11.0. The lowest BCUT2D eigenvalue weighted by Gasteiger charge is -2.11. The normalized spacial score (nSPS) is 19.1. The van der Waals surface area contributed by atoms with Gasteiger partial charge in [0.15, 0.2) is 5.13 Å². The number of aliphatic hydroxyl groups is 1. The fourth-order valence-electron chi connectivity index (χ4n) is 2.13. The molecular formula is C13H13N3O2S. The van der Waals surface area contributed by atoms with Crippen molar-refractivity contribution in [2.45, 2.75) is 6.42 Å². The second-order valence-electron chi connectivity index (χ2n) is 4.51. The van der Waals surface area contributed by atoms with Crippen LogP contribution < -0.4 is 4.90 Å². The molecule has 1 fully saturated rings. The number of hydrogen-bond donors (Lipinski definition) is 1. The van der Waals surface area contributed by atoms with Gasteiger partial charge in [-0.25, -0.2) is 4.98 Å². The highest BCUT2D eigenvalue weighted by atomic mass is 32.1. The van der Waals surface area contributed by atoms with Gasteiger partial charge in [0.1, 0.15) is 0 Å². The van der Waals surface area contributed by atoms with Crippen LogP contribution in [0.2, 0.25) is 0 Å². The van der Waals surface area contributed by atoms with Gasteiger partial charge >= 0.3 is 0 Å². The van der Waals surface area contributed by atoms with Crippen LogP contribution in [0.1, 0.15) is 6.42 Å². The van der Waals surface area contributed by atoms with Crippen molar-refractivity contribution in [3.05, 3.63) is 29.9 Å². The molecule has 0 bridgehead atoms. The minimum absolute atomic E-state index is 0.0285. The average Bonchev–Trinajstić information content (AvgIpc) is 3.06. The zero-order chi connectivity index (χ0) is 13.2. The molecule has 1 atom stereocenters. The van der Waals surface area contributed by atoms with Crippen LogP contribution in [0.5, 0.6) is 0 Å². The van der Waals surface area contributed by atoms with E-state index < -0.39 is 0 Å². The summed E-state index contributed by atoms with van der Waals surface area (Å²) in [4.78, 5) is 22.0. The molecule has 0 spiro atoms. The van der Waals surface area contributed by atoms with Crippen LogP contribution in [0.4, 0.5) is 5.13 Å². The number of aromatic nitrogens is 2. The highest BCUT2D eigenvalue weighted by molar-refractivity contribution is 7.14. The number of rotatable bonds is 3. The van der Waals surface area contributed by atoms with Gasteiger partial charge in [0.05, 0.1) is 5.69 Å². The maximum atomic E-state index is 11.9. The Labute approximate surface area is 114 Å². The lowest BCUT2D eigenvalue weighted by atomic mass is 10.1. The molecule has 1 aliphatic heterocycles. The number of pyridine rings is 1. The molecule has 1 unspecified atom stereocenters. The topological polar surface area (TPSA) is 66.3 Å². The van der Waals surface area contributed by atoms with Gasteiger partial charge in [-0.05, 0) is 12.1 Å². The standard InChI is InChI=1S/C13H13N3O2S/c17-7-9-5-12(18)16(6-9)13-15-11(8-19-13)10-1-3-14-4-2-10/h1-4,8-9,17H,5-7H2. The highest BCUT2D eigenvalue weighted by Gasteiger charge is 2.31. The third kappa shape index (κ3) is 2.36. The summed E-state index contributed by atoms with van der Waals surface area (Å²) in [6, 6.07) is 3.78. The summed E-state index contributed by atoms with van der Waals surface area (Å²) in [5.74, 6) is 0.0652. The van der Waals surface area contributed by atoms with Crippen LogP contribution >= 0.6 is 11.3 Å². The van der Waals surface area contributed by atoms with E-state index in [-0.39, 0.29) is 18.4 Å². The second kappa shape index (κ2) is 5.07. The van der Waals surface area contributed by atoms with E-state index in [1.165, 1.54) is 11.3 Å². The summed E-state index contributed by atoms with van der Waals surface area (Å²) < 4.78 is 0. The molecule has 1 amide bonds. The van der Waals surface area contributed by atoms with Crippen molar-refractivity contribution in [1.29, 1.82) is 0 Å². The van der Waals surface area contributed by atoms with E-state index in [1.807, 2.05) is 17.5 Å². The Morgan fingerprint density at radius 3 is 2.89 bits per heavy atom. The molecule has 1 N–H and O–H groups in total. The molecule has 1 saturated heterocycles. The van der Waals surface area contributed by atoms with Crippen molar-refractivity contribution in [1.82, 2.24) is 9.97 Å². The van der Waals surface area contributed by atoms with E-state index in [4.69, 9.17) is 5.11 Å². The van der Waals surface area contributed by atoms with Gasteiger partial charge in [0.2, 0.25) is 5.91 Å². The minimum Gasteiger partial charge on any atom is -0.396 e. The number of hydrogen-bond acceptors (Lipinski definition) is 5. The summed E-state index contributed by atoms with van der Waals surface area (Å²) in [5, 5.41) is 11.8. The Balaban J connectivity index is 1.84. The van der Waals surface area contributed by atoms with Gasteiger partial charge in [-0.3, -0.25) is 14.7 Å². The largest absolute Gasteiger partial charge is 0.396 e. The van der Waals surface area contributed by atoms with Gasteiger partial charge in [0.25, 0.3) is 0 Å². The van der Waals surface area contributed by atoms with Crippen LogP contribution in [0.15, 0.2) is 29.9 Å². The predicted octanol–water partition coefficient (Wildman–Crippen LogP) is 1.55. The average molecular weight is 275 g/mol. The molecule has 3 rings (SSSR count). The smallest absolute Gasteiger partial charge is 0.229 e. The number of carbonyl (C=O) groups excluding carboxylic acids is 1. The van der Waals surface area contributed by atoms with E-state index in [0.717, 1.165) is 11.3 Å². The minimum atomic E-state index is 0.0285. The summed E-state index contributed by atoms with van der Waals surface area (Å²) in [7, 11) is 0. The fourth-order valence-corrected chi connectivity index (χ4v) is 2.99. The molecule has 0 saturated carbocycles. The Morgan fingerprint density at radius 2 is 2.21 bits per heavy atom. The van der Waals surface area contributed by atoms with Crippen LogP contribution in [0, 0.1) is 5.92 Å². The Hall–Kier alpha value is -1.79. The molecule has 5 nitrogen and oxygen atoms in total. The predicted molar refractivity (Wildman–Crippen MR) is 72.9 cm³/mol. The molecule has 2 aromatic heterocycles. The maximum absolute atomic E-state index is 11.9. The van der Waals surface area contributed by atoms with Crippen molar-refractivity contribution in [3.63, 3.8) is 0 Å². The van der Waals surface area contributed by atoms with Crippen LogP contribution in [-0.4, -0.2) is 34.1 Å². The number of thiazole rings is 1. The van der Waals surface area contributed by atoms with Crippen molar-refractivity contribution >= 4 is 22.4 Å². The van der Waals surface area contributed by atoms with Crippen molar-refractivity contribution < 1.29 is 9.90 Å². The highest BCUT2D eigenvalue weighted by Crippen LogP contribution is 2.31. The molecular weight excluding hydrogens is 262 g/mol. The Morgan fingerprint density at radius 1 is 1.42 bits per heavy atom. The molecule has 6 heteroatoms. The summed E-state index contributed by atoms with van der Waals surface area (Å²) >= 11 is 1.45. The number of anilines is 1. The number of aliphatic hydroxyl groups excluding tert-OH is 1. The molecule has 98 valence electrons. The van der Waals surface area contributed by atoms with E-state index in [9.17, 15) is 4.79 Å². The van der Waals surface area contributed by atoms with E-state index in [0.29, 0.717) is 18.1 Å². The first kappa shape index (κ1) is 12.3. The molecule has 0 aromatic carbocycles. The second-order valence-corrected chi connectivity index (χ2v) is 5.34. The fraction of sp³-hybridized carbons (Fsp3) is 0.308. The van der Waals surface area contributed by atoms with Gasteiger partial charge in [-0.2, -0.15) is 0 Å².